The summed E-state index contributed by atoms with van der Waals surface area (Å²) in [5.41, 5.74) is 1.71. The fourth-order valence-electron chi connectivity index (χ4n) is 2.17. The van der Waals surface area contributed by atoms with Crippen LogP contribution in [0.1, 0.15) is 15.9 Å². The maximum Gasteiger partial charge on any atom is 0.196 e. The summed E-state index contributed by atoms with van der Waals surface area (Å²) in [7, 11) is 1.58. The van der Waals surface area contributed by atoms with Crippen LogP contribution >= 0.6 is 11.6 Å². The highest BCUT2D eigenvalue weighted by molar-refractivity contribution is 6.39. The van der Waals surface area contributed by atoms with Crippen LogP contribution in [0.5, 0.6) is 5.75 Å². The van der Waals surface area contributed by atoms with Crippen molar-refractivity contribution in [2.45, 2.75) is 0 Å². The highest BCUT2D eigenvalue weighted by Crippen LogP contribution is 2.30. The molecule has 3 aromatic rings. The predicted octanol–water partition coefficient (Wildman–Crippen LogP) is 4.13. The van der Waals surface area contributed by atoms with Crippen LogP contribution in [0.3, 0.4) is 0 Å². The molecule has 0 aliphatic carbocycles. The minimum absolute atomic E-state index is 0.141. The summed E-state index contributed by atoms with van der Waals surface area (Å²) in [4.78, 5) is 16.8. The van der Waals surface area contributed by atoms with Gasteiger partial charge in [-0.1, -0.05) is 41.9 Å². The number of aromatic nitrogens is 1. The number of ether oxygens (including phenoxy) is 1. The number of carbonyl (C=O) groups is 1. The fraction of sp³-hybridized carbons (Fsp3) is 0.0588. The first-order chi connectivity index (χ1) is 10.2. The van der Waals surface area contributed by atoms with Gasteiger partial charge in [-0.25, -0.2) is 0 Å². The monoisotopic (exact) mass is 297 g/mol. The lowest BCUT2D eigenvalue weighted by molar-refractivity contribution is 0.103. The fourth-order valence-corrected chi connectivity index (χ4v) is 2.46. The van der Waals surface area contributed by atoms with Gasteiger partial charge in [-0.15, -0.1) is 0 Å². The van der Waals surface area contributed by atoms with Gasteiger partial charge in [-0.2, -0.15) is 0 Å². The van der Waals surface area contributed by atoms with E-state index in [1.807, 2.05) is 30.3 Å². The lowest BCUT2D eigenvalue weighted by Gasteiger charge is -2.08. The van der Waals surface area contributed by atoms with Crippen molar-refractivity contribution in [1.29, 1.82) is 0 Å². The molecule has 1 aromatic heterocycles. The van der Waals surface area contributed by atoms with Crippen LogP contribution < -0.4 is 4.74 Å². The number of rotatable bonds is 3. The second-order valence-electron chi connectivity index (χ2n) is 4.56. The van der Waals surface area contributed by atoms with E-state index in [4.69, 9.17) is 16.3 Å². The predicted molar refractivity (Wildman–Crippen MR) is 83.2 cm³/mol. The molecule has 0 unspecified atom stereocenters. The smallest absolute Gasteiger partial charge is 0.196 e. The van der Waals surface area contributed by atoms with Crippen LogP contribution in [0.4, 0.5) is 0 Å². The van der Waals surface area contributed by atoms with Gasteiger partial charge in [0, 0.05) is 17.1 Å². The lowest BCUT2D eigenvalue weighted by atomic mass is 10.0. The Morgan fingerprint density at radius 2 is 1.90 bits per heavy atom. The number of methoxy groups -OCH3 is 1. The molecule has 0 aliphatic rings. The highest BCUT2D eigenvalue weighted by atomic mass is 35.5. The average Bonchev–Trinajstić information content (AvgIpc) is 2.55. The Kier molecular flexibility index (Phi) is 3.59. The lowest BCUT2D eigenvalue weighted by Crippen LogP contribution is -2.03. The van der Waals surface area contributed by atoms with Crippen molar-refractivity contribution in [2.24, 2.45) is 0 Å². The molecule has 3 nitrogen and oxygen atoms in total. The Morgan fingerprint density at radius 3 is 2.62 bits per heavy atom. The van der Waals surface area contributed by atoms with Gasteiger partial charge >= 0.3 is 0 Å². The van der Waals surface area contributed by atoms with Gasteiger partial charge in [-0.05, 0) is 18.2 Å². The topological polar surface area (TPSA) is 39.2 Å². The van der Waals surface area contributed by atoms with Crippen LogP contribution in [0.2, 0.25) is 5.02 Å². The summed E-state index contributed by atoms with van der Waals surface area (Å²) in [6.07, 6.45) is 1.52. The number of fused-ring (bicyclic) bond motifs is 1. The molecule has 4 heteroatoms. The summed E-state index contributed by atoms with van der Waals surface area (Å²) in [5.74, 6) is 0.535. The quantitative estimate of drug-likeness (QED) is 0.682. The van der Waals surface area contributed by atoms with E-state index in [9.17, 15) is 4.79 Å². The zero-order valence-electron chi connectivity index (χ0n) is 11.3. The Labute approximate surface area is 127 Å². The summed E-state index contributed by atoms with van der Waals surface area (Å²) >= 11 is 6.40. The van der Waals surface area contributed by atoms with Crippen molar-refractivity contribution in [3.05, 3.63) is 70.9 Å². The van der Waals surface area contributed by atoms with E-state index in [1.54, 1.807) is 25.3 Å². The molecule has 3 rings (SSSR count). The molecule has 0 saturated heterocycles. The van der Waals surface area contributed by atoms with E-state index in [2.05, 4.69) is 4.98 Å². The molecule has 0 N–H and O–H groups in total. The number of ketones is 1. The van der Waals surface area contributed by atoms with Crippen LogP contribution in [0.25, 0.3) is 10.9 Å². The second kappa shape index (κ2) is 5.54. The Balaban J connectivity index is 2.15. The van der Waals surface area contributed by atoms with Gasteiger partial charge < -0.3 is 4.74 Å². The van der Waals surface area contributed by atoms with Gasteiger partial charge in [0.05, 0.1) is 23.2 Å². The van der Waals surface area contributed by atoms with E-state index in [-0.39, 0.29) is 5.78 Å². The molecule has 0 spiro atoms. The zero-order chi connectivity index (χ0) is 14.8. The van der Waals surface area contributed by atoms with Gasteiger partial charge in [0.2, 0.25) is 0 Å². The number of benzene rings is 2. The molecule has 1 heterocycles. The third-order valence-electron chi connectivity index (χ3n) is 3.29. The van der Waals surface area contributed by atoms with Gasteiger partial charge in [0.25, 0.3) is 0 Å². The van der Waals surface area contributed by atoms with Crippen molar-refractivity contribution in [2.75, 3.05) is 7.11 Å². The van der Waals surface area contributed by atoms with E-state index >= 15 is 0 Å². The van der Waals surface area contributed by atoms with Crippen molar-refractivity contribution < 1.29 is 9.53 Å². The largest absolute Gasteiger partial charge is 0.497 e. The summed E-state index contributed by atoms with van der Waals surface area (Å²) in [6.45, 7) is 0. The van der Waals surface area contributed by atoms with Gasteiger partial charge in [-0.3, -0.25) is 9.78 Å². The number of hydrogen-bond donors (Lipinski definition) is 0. The second-order valence-corrected chi connectivity index (χ2v) is 4.94. The molecule has 0 bridgehead atoms. The van der Waals surface area contributed by atoms with Crippen LogP contribution in [0.15, 0.2) is 54.7 Å². The summed E-state index contributed by atoms with van der Waals surface area (Å²) < 4.78 is 5.19. The molecule has 2 aromatic carbocycles. The van der Waals surface area contributed by atoms with Crippen molar-refractivity contribution in [3.8, 4) is 5.75 Å². The first kappa shape index (κ1) is 13.6. The van der Waals surface area contributed by atoms with Gasteiger partial charge in [0.15, 0.2) is 5.78 Å². The Morgan fingerprint density at radius 1 is 1.14 bits per heavy atom. The van der Waals surface area contributed by atoms with E-state index in [0.29, 0.717) is 27.3 Å². The molecule has 104 valence electrons. The van der Waals surface area contributed by atoms with E-state index in [0.717, 1.165) is 5.52 Å². The zero-order valence-corrected chi connectivity index (χ0v) is 12.1. The normalized spacial score (nSPS) is 10.6. The SMILES string of the molecule is COc1ccc2ncc(C(=O)c3ccccc3)c(Cl)c2c1. The van der Waals surface area contributed by atoms with E-state index < -0.39 is 0 Å². The molecule has 0 amide bonds. The van der Waals surface area contributed by atoms with E-state index in [1.165, 1.54) is 6.20 Å². The first-order valence-corrected chi connectivity index (χ1v) is 6.80. The molecule has 0 saturated carbocycles. The molecule has 0 fully saturated rings. The van der Waals surface area contributed by atoms with Gasteiger partial charge in [0.1, 0.15) is 5.75 Å². The summed E-state index contributed by atoms with van der Waals surface area (Å²) in [5, 5.41) is 1.10. The maximum atomic E-state index is 12.5. The Hall–Kier alpha value is -2.39. The minimum Gasteiger partial charge on any atom is -0.497 e. The van der Waals surface area contributed by atoms with Crippen LogP contribution in [0, 0.1) is 0 Å². The third-order valence-corrected chi connectivity index (χ3v) is 3.70. The highest BCUT2D eigenvalue weighted by Gasteiger charge is 2.16. The number of nitrogens with zero attached hydrogens (tertiary/aromatic N) is 1. The molecule has 0 aliphatic heterocycles. The average molecular weight is 298 g/mol. The molecular formula is C17H12ClNO2. The van der Waals surface area contributed by atoms with Crippen LogP contribution in [-0.2, 0) is 0 Å². The number of hydrogen-bond acceptors (Lipinski definition) is 3. The standard InChI is InChI=1S/C17H12ClNO2/c1-21-12-7-8-15-13(9-12)16(18)14(10-19-15)17(20)11-5-3-2-4-6-11/h2-10H,1H3. The van der Waals surface area contributed by atoms with Crippen molar-refractivity contribution >= 4 is 28.3 Å². The molecule has 21 heavy (non-hydrogen) atoms. The maximum absolute atomic E-state index is 12.5. The number of carbonyl (C=O) groups excluding carboxylic acids is 1. The Bertz CT molecular complexity index is 816. The summed E-state index contributed by atoms with van der Waals surface area (Å²) in [6, 6.07) is 14.4. The van der Waals surface area contributed by atoms with Crippen molar-refractivity contribution in [1.82, 2.24) is 4.98 Å². The van der Waals surface area contributed by atoms with Crippen LogP contribution in [-0.4, -0.2) is 17.9 Å². The molecule has 0 radical (unpaired) electrons. The van der Waals surface area contributed by atoms with Crippen molar-refractivity contribution in [3.63, 3.8) is 0 Å². The third kappa shape index (κ3) is 2.48. The minimum atomic E-state index is -0.141. The number of pyridine rings is 1. The number of halogens is 1. The first-order valence-electron chi connectivity index (χ1n) is 6.42. The molecular weight excluding hydrogens is 286 g/mol. The molecule has 0 atom stereocenters.